The van der Waals surface area contributed by atoms with Crippen molar-refractivity contribution in [2.24, 2.45) is 5.73 Å². The highest BCUT2D eigenvalue weighted by Crippen LogP contribution is 2.09. The fourth-order valence-electron chi connectivity index (χ4n) is 0.859. The lowest BCUT2D eigenvalue weighted by Gasteiger charge is -1.99. The Morgan fingerprint density at radius 1 is 1.54 bits per heavy atom. The number of carboxylic acid groups (broad SMARTS) is 1. The maximum atomic E-state index is 12.9. The normalized spacial score (nSPS) is 9.08. The van der Waals surface area contributed by atoms with Crippen LogP contribution in [0.4, 0.5) is 4.39 Å². The van der Waals surface area contributed by atoms with Crippen LogP contribution < -0.4 is 5.73 Å². The van der Waals surface area contributed by atoms with Crippen LogP contribution in [-0.4, -0.2) is 11.1 Å². The van der Waals surface area contributed by atoms with Crippen molar-refractivity contribution in [3.05, 3.63) is 35.1 Å². The van der Waals surface area contributed by atoms with Gasteiger partial charge in [0.25, 0.3) is 0 Å². The zero-order valence-corrected chi connectivity index (χ0v) is 7.47. The number of benzene rings is 1. The third-order valence-electron chi connectivity index (χ3n) is 1.50. The molecule has 0 aliphatic rings. The summed E-state index contributed by atoms with van der Waals surface area (Å²) in [6.45, 7) is 0.205. The van der Waals surface area contributed by atoms with Crippen LogP contribution in [0.2, 0.25) is 0 Å². The van der Waals surface area contributed by atoms with Gasteiger partial charge in [0.1, 0.15) is 5.82 Å². The third kappa shape index (κ3) is 2.68. The molecule has 0 radical (unpaired) electrons. The van der Waals surface area contributed by atoms with Crippen molar-refractivity contribution in [2.45, 2.75) is 6.54 Å². The average Bonchev–Trinajstić information content (AvgIpc) is 2.03. The van der Waals surface area contributed by atoms with Crippen LogP contribution in [0.15, 0.2) is 18.2 Å². The number of carbonyl (C=O) groups is 1. The molecule has 72 valence electrons. The maximum absolute atomic E-state index is 12.9. The average molecular weight is 206 g/mol. The first-order valence-electron chi connectivity index (χ1n) is 3.37. The molecular weight excluding hydrogens is 197 g/mol. The highest BCUT2D eigenvalue weighted by molar-refractivity contribution is 5.87. The Labute approximate surface area is 80.8 Å². The van der Waals surface area contributed by atoms with Gasteiger partial charge in [0.15, 0.2) is 0 Å². The van der Waals surface area contributed by atoms with Gasteiger partial charge in [0, 0.05) is 6.54 Å². The Balaban J connectivity index is 0.00000144. The Morgan fingerprint density at radius 2 is 2.15 bits per heavy atom. The second kappa shape index (κ2) is 4.79. The van der Waals surface area contributed by atoms with E-state index in [1.54, 1.807) is 0 Å². The molecule has 3 N–H and O–H groups in total. The number of hydrogen-bond acceptors (Lipinski definition) is 2. The van der Waals surface area contributed by atoms with Gasteiger partial charge in [0.2, 0.25) is 0 Å². The molecule has 0 amide bonds. The molecule has 0 fully saturated rings. The van der Waals surface area contributed by atoms with Crippen LogP contribution in [0.1, 0.15) is 15.9 Å². The standard InChI is InChI=1S/C8H8FNO2.ClH/c9-7-3-5(4-10)1-2-6(7)8(11)12;/h1-3H,4,10H2,(H,11,12);1H. The van der Waals surface area contributed by atoms with Crippen molar-refractivity contribution in [3.63, 3.8) is 0 Å². The zero-order chi connectivity index (χ0) is 9.14. The summed E-state index contributed by atoms with van der Waals surface area (Å²) in [6.07, 6.45) is 0. The number of carboxylic acids is 1. The number of hydrogen-bond donors (Lipinski definition) is 2. The molecule has 0 saturated heterocycles. The van der Waals surface area contributed by atoms with E-state index in [1.165, 1.54) is 12.1 Å². The van der Waals surface area contributed by atoms with Crippen LogP contribution in [0.5, 0.6) is 0 Å². The van der Waals surface area contributed by atoms with Gasteiger partial charge in [0.05, 0.1) is 5.56 Å². The Morgan fingerprint density at radius 3 is 2.54 bits per heavy atom. The summed E-state index contributed by atoms with van der Waals surface area (Å²) < 4.78 is 12.9. The Kier molecular flexibility index (Phi) is 4.37. The van der Waals surface area contributed by atoms with Crippen molar-refractivity contribution in [1.82, 2.24) is 0 Å². The molecule has 0 saturated carbocycles. The number of nitrogens with two attached hydrogens (primary N) is 1. The third-order valence-corrected chi connectivity index (χ3v) is 1.50. The quantitative estimate of drug-likeness (QED) is 0.767. The van der Waals surface area contributed by atoms with E-state index in [9.17, 15) is 9.18 Å². The van der Waals surface area contributed by atoms with Gasteiger partial charge in [-0.05, 0) is 17.7 Å². The highest BCUT2D eigenvalue weighted by Gasteiger charge is 2.09. The van der Waals surface area contributed by atoms with E-state index in [0.717, 1.165) is 6.07 Å². The van der Waals surface area contributed by atoms with E-state index < -0.39 is 11.8 Å². The minimum absolute atomic E-state index is 0. The smallest absolute Gasteiger partial charge is 0.338 e. The first-order chi connectivity index (χ1) is 5.65. The van der Waals surface area contributed by atoms with Crippen molar-refractivity contribution < 1.29 is 14.3 Å². The van der Waals surface area contributed by atoms with Crippen molar-refractivity contribution in [1.29, 1.82) is 0 Å². The molecule has 0 spiro atoms. The lowest BCUT2D eigenvalue weighted by Crippen LogP contribution is -2.03. The van der Waals surface area contributed by atoms with E-state index >= 15 is 0 Å². The number of rotatable bonds is 2. The van der Waals surface area contributed by atoms with Crippen LogP contribution in [0.3, 0.4) is 0 Å². The minimum atomic E-state index is -1.27. The molecule has 0 heterocycles. The molecule has 1 aromatic rings. The van der Waals surface area contributed by atoms with Gasteiger partial charge < -0.3 is 10.8 Å². The SMILES string of the molecule is Cl.NCc1ccc(C(=O)O)c(F)c1. The van der Waals surface area contributed by atoms with Crippen LogP contribution in [-0.2, 0) is 6.54 Å². The monoisotopic (exact) mass is 205 g/mol. The van der Waals surface area contributed by atoms with E-state index in [1.807, 2.05) is 0 Å². The largest absolute Gasteiger partial charge is 0.478 e. The zero-order valence-electron chi connectivity index (χ0n) is 6.66. The van der Waals surface area contributed by atoms with Crippen molar-refractivity contribution >= 4 is 18.4 Å². The molecule has 0 bridgehead atoms. The van der Waals surface area contributed by atoms with E-state index in [2.05, 4.69) is 0 Å². The summed E-state index contributed by atoms with van der Waals surface area (Å²) in [7, 11) is 0. The van der Waals surface area contributed by atoms with Gasteiger partial charge in [-0.2, -0.15) is 0 Å². The summed E-state index contributed by atoms with van der Waals surface area (Å²) in [5.41, 5.74) is 5.49. The van der Waals surface area contributed by atoms with E-state index in [4.69, 9.17) is 10.8 Å². The molecule has 1 aromatic carbocycles. The van der Waals surface area contributed by atoms with Gasteiger partial charge in [-0.25, -0.2) is 9.18 Å². The summed E-state index contributed by atoms with van der Waals surface area (Å²) >= 11 is 0. The van der Waals surface area contributed by atoms with Gasteiger partial charge >= 0.3 is 5.97 Å². The van der Waals surface area contributed by atoms with Crippen LogP contribution in [0, 0.1) is 5.82 Å². The molecular formula is C8H9ClFNO2. The van der Waals surface area contributed by atoms with Gasteiger partial charge in [-0.1, -0.05) is 6.07 Å². The first-order valence-corrected chi connectivity index (χ1v) is 3.37. The second-order valence-corrected chi connectivity index (χ2v) is 2.32. The predicted octanol–water partition coefficient (Wildman–Crippen LogP) is 1.40. The fourth-order valence-corrected chi connectivity index (χ4v) is 0.859. The molecule has 0 aliphatic carbocycles. The Hall–Kier alpha value is -1.13. The highest BCUT2D eigenvalue weighted by atomic mass is 35.5. The summed E-state index contributed by atoms with van der Waals surface area (Å²) in [4.78, 5) is 10.4. The topological polar surface area (TPSA) is 63.3 Å². The fraction of sp³-hybridized carbons (Fsp3) is 0.125. The maximum Gasteiger partial charge on any atom is 0.338 e. The Bertz CT molecular complexity index is 317. The van der Waals surface area contributed by atoms with E-state index in [0.29, 0.717) is 5.56 Å². The van der Waals surface area contributed by atoms with E-state index in [-0.39, 0.29) is 24.5 Å². The van der Waals surface area contributed by atoms with Crippen molar-refractivity contribution in [2.75, 3.05) is 0 Å². The minimum Gasteiger partial charge on any atom is -0.478 e. The molecule has 0 aliphatic heterocycles. The number of halogens is 2. The molecule has 0 unspecified atom stereocenters. The lowest BCUT2D eigenvalue weighted by atomic mass is 10.1. The number of aromatic carboxylic acids is 1. The molecule has 5 heteroatoms. The van der Waals surface area contributed by atoms with Crippen molar-refractivity contribution in [3.8, 4) is 0 Å². The summed E-state index contributed by atoms with van der Waals surface area (Å²) in [5, 5.41) is 8.46. The molecule has 13 heavy (non-hydrogen) atoms. The first kappa shape index (κ1) is 11.9. The summed E-state index contributed by atoms with van der Waals surface area (Å²) in [5.74, 6) is -2.01. The second-order valence-electron chi connectivity index (χ2n) is 2.32. The van der Waals surface area contributed by atoms with Gasteiger partial charge in [-0.3, -0.25) is 0 Å². The summed E-state index contributed by atoms with van der Waals surface area (Å²) in [6, 6.07) is 3.83. The van der Waals surface area contributed by atoms with Crippen LogP contribution in [0.25, 0.3) is 0 Å². The molecule has 0 aromatic heterocycles. The van der Waals surface area contributed by atoms with Crippen LogP contribution >= 0.6 is 12.4 Å². The molecule has 0 atom stereocenters. The molecule has 3 nitrogen and oxygen atoms in total. The lowest BCUT2D eigenvalue weighted by molar-refractivity contribution is 0.0692. The van der Waals surface area contributed by atoms with Gasteiger partial charge in [-0.15, -0.1) is 12.4 Å². The molecule has 1 rings (SSSR count). The predicted molar refractivity (Wildman–Crippen MR) is 48.5 cm³/mol.